The largest absolute Gasteiger partial charge is 0.495 e. The van der Waals surface area contributed by atoms with Gasteiger partial charge in [0.1, 0.15) is 17.9 Å². The molecule has 0 saturated heterocycles. The average Bonchev–Trinajstić information content (AvgIpc) is 3.17. The second-order valence-electron chi connectivity index (χ2n) is 5.89. The number of carbonyl (C=O) groups excluding carboxylic acids is 1. The van der Waals surface area contributed by atoms with Gasteiger partial charge in [0.25, 0.3) is 0 Å². The van der Waals surface area contributed by atoms with Gasteiger partial charge in [0.2, 0.25) is 5.91 Å². The number of para-hydroxylation sites is 2. The molecule has 9 heteroatoms. The summed E-state index contributed by atoms with van der Waals surface area (Å²) in [5, 5.41) is 8.86. The van der Waals surface area contributed by atoms with E-state index in [2.05, 4.69) is 10.2 Å². The molecule has 0 aliphatic heterocycles. The minimum atomic E-state index is -0.435. The van der Waals surface area contributed by atoms with E-state index in [0.29, 0.717) is 21.5 Å². The number of benzene rings is 2. The van der Waals surface area contributed by atoms with Crippen LogP contribution in [0.25, 0.3) is 5.69 Å². The van der Waals surface area contributed by atoms with Gasteiger partial charge in [-0.2, -0.15) is 0 Å². The number of nitrogens with zero attached hydrogens (tertiary/aromatic N) is 4. The molecule has 0 atom stereocenters. The van der Waals surface area contributed by atoms with Crippen molar-refractivity contribution in [2.24, 2.45) is 0 Å². The zero-order chi connectivity index (χ0) is 20.1. The van der Waals surface area contributed by atoms with Gasteiger partial charge in [-0.15, -0.1) is 10.2 Å². The predicted molar refractivity (Wildman–Crippen MR) is 107 cm³/mol. The van der Waals surface area contributed by atoms with Crippen molar-refractivity contribution in [3.8, 4) is 11.4 Å². The van der Waals surface area contributed by atoms with Crippen molar-refractivity contribution >= 4 is 29.3 Å². The zero-order valence-electron chi connectivity index (χ0n) is 15.3. The Labute approximate surface area is 171 Å². The van der Waals surface area contributed by atoms with Gasteiger partial charge in [0.05, 0.1) is 18.6 Å². The lowest BCUT2D eigenvalue weighted by Crippen LogP contribution is -2.28. The van der Waals surface area contributed by atoms with E-state index in [-0.39, 0.29) is 18.2 Å². The first kappa shape index (κ1) is 20.2. The van der Waals surface area contributed by atoms with Crippen LogP contribution >= 0.6 is 23.4 Å². The molecule has 146 valence electrons. The van der Waals surface area contributed by atoms with E-state index in [9.17, 15) is 9.18 Å². The Morgan fingerprint density at radius 2 is 2.07 bits per heavy atom. The van der Waals surface area contributed by atoms with E-state index in [0.717, 1.165) is 5.69 Å². The van der Waals surface area contributed by atoms with Crippen LogP contribution in [0.1, 0.15) is 5.56 Å². The van der Waals surface area contributed by atoms with Gasteiger partial charge in [0, 0.05) is 24.2 Å². The van der Waals surface area contributed by atoms with E-state index >= 15 is 0 Å². The summed E-state index contributed by atoms with van der Waals surface area (Å²) < 4.78 is 21.1. The van der Waals surface area contributed by atoms with Crippen LogP contribution in [-0.4, -0.2) is 45.5 Å². The molecule has 28 heavy (non-hydrogen) atoms. The molecule has 0 radical (unpaired) electrons. The molecule has 0 fully saturated rings. The summed E-state index contributed by atoms with van der Waals surface area (Å²) in [7, 11) is 3.19. The molecule has 1 aromatic heterocycles. The highest BCUT2D eigenvalue weighted by atomic mass is 35.5. The molecule has 3 aromatic rings. The van der Waals surface area contributed by atoms with Gasteiger partial charge < -0.3 is 9.64 Å². The zero-order valence-corrected chi connectivity index (χ0v) is 16.9. The van der Waals surface area contributed by atoms with Crippen molar-refractivity contribution in [1.82, 2.24) is 19.7 Å². The molecule has 1 heterocycles. The monoisotopic (exact) mass is 420 g/mol. The molecule has 0 saturated carbocycles. The van der Waals surface area contributed by atoms with Gasteiger partial charge in [-0.05, 0) is 24.3 Å². The first-order chi connectivity index (χ1) is 13.5. The van der Waals surface area contributed by atoms with Crippen LogP contribution in [0.2, 0.25) is 5.02 Å². The molecule has 0 aliphatic carbocycles. The highest BCUT2D eigenvalue weighted by Crippen LogP contribution is 2.27. The number of ether oxygens (including phenoxy) is 1. The third-order valence-electron chi connectivity index (χ3n) is 4.07. The Morgan fingerprint density at radius 1 is 1.29 bits per heavy atom. The standard InChI is InChI=1S/C19H18ClFN4O2S/c1-24(10-13-14(20)6-5-7-15(13)21)18(26)11-28-19-23-22-12-25(19)16-8-3-4-9-17(16)27-2/h3-9,12H,10-11H2,1-2H3. The second kappa shape index (κ2) is 9.07. The van der Waals surface area contributed by atoms with Crippen molar-refractivity contribution in [2.75, 3.05) is 19.9 Å². The van der Waals surface area contributed by atoms with Crippen LogP contribution in [-0.2, 0) is 11.3 Å². The number of halogens is 2. The molecule has 2 aromatic carbocycles. The molecule has 0 aliphatic rings. The van der Waals surface area contributed by atoms with Crippen LogP contribution in [0.5, 0.6) is 5.75 Å². The van der Waals surface area contributed by atoms with Gasteiger partial charge in [-0.1, -0.05) is 41.6 Å². The molecule has 3 rings (SSSR count). The van der Waals surface area contributed by atoms with Crippen molar-refractivity contribution in [3.63, 3.8) is 0 Å². The maximum atomic E-state index is 13.9. The molecular weight excluding hydrogens is 403 g/mol. The lowest BCUT2D eigenvalue weighted by atomic mass is 10.2. The minimum absolute atomic E-state index is 0.0874. The number of amides is 1. The van der Waals surface area contributed by atoms with Gasteiger partial charge >= 0.3 is 0 Å². The molecule has 1 amide bonds. The maximum absolute atomic E-state index is 13.9. The van der Waals surface area contributed by atoms with Crippen molar-refractivity contribution in [2.45, 2.75) is 11.7 Å². The summed E-state index contributed by atoms with van der Waals surface area (Å²) in [5.74, 6) is 0.174. The molecule has 0 N–H and O–H groups in total. The normalized spacial score (nSPS) is 10.7. The summed E-state index contributed by atoms with van der Waals surface area (Å²) in [6, 6.07) is 11.9. The molecule has 0 spiro atoms. The molecule has 6 nitrogen and oxygen atoms in total. The lowest BCUT2D eigenvalue weighted by molar-refractivity contribution is -0.127. The Morgan fingerprint density at radius 3 is 2.82 bits per heavy atom. The Bertz CT molecular complexity index is 962. The van der Waals surface area contributed by atoms with Crippen LogP contribution in [0.3, 0.4) is 0 Å². The van der Waals surface area contributed by atoms with Gasteiger partial charge in [-0.25, -0.2) is 4.39 Å². The number of thioether (sulfide) groups is 1. The number of methoxy groups -OCH3 is 1. The van der Waals surface area contributed by atoms with Gasteiger partial charge in [-0.3, -0.25) is 9.36 Å². The van der Waals surface area contributed by atoms with E-state index in [1.165, 1.54) is 28.8 Å². The number of hydrogen-bond acceptors (Lipinski definition) is 5. The molecule has 0 bridgehead atoms. The van der Waals surface area contributed by atoms with E-state index in [1.807, 2.05) is 24.3 Å². The van der Waals surface area contributed by atoms with Crippen molar-refractivity contribution in [1.29, 1.82) is 0 Å². The minimum Gasteiger partial charge on any atom is -0.495 e. The van der Waals surface area contributed by atoms with Crippen molar-refractivity contribution < 1.29 is 13.9 Å². The number of carbonyl (C=O) groups is 1. The number of hydrogen-bond donors (Lipinski definition) is 0. The summed E-state index contributed by atoms with van der Waals surface area (Å²) in [6.45, 7) is 0.0874. The fourth-order valence-electron chi connectivity index (χ4n) is 2.56. The Balaban J connectivity index is 1.68. The quantitative estimate of drug-likeness (QED) is 0.544. The first-order valence-electron chi connectivity index (χ1n) is 8.34. The van der Waals surface area contributed by atoms with Crippen LogP contribution in [0.15, 0.2) is 53.9 Å². The first-order valence-corrected chi connectivity index (χ1v) is 9.70. The smallest absolute Gasteiger partial charge is 0.233 e. The number of aromatic nitrogens is 3. The van der Waals surface area contributed by atoms with E-state index < -0.39 is 5.82 Å². The average molecular weight is 421 g/mol. The fourth-order valence-corrected chi connectivity index (χ4v) is 3.65. The SMILES string of the molecule is COc1ccccc1-n1cnnc1SCC(=O)N(C)Cc1c(F)cccc1Cl. The predicted octanol–water partition coefficient (Wildman–Crippen LogP) is 3.82. The Kier molecular flexibility index (Phi) is 6.53. The summed E-state index contributed by atoms with van der Waals surface area (Å²) in [6.07, 6.45) is 1.56. The maximum Gasteiger partial charge on any atom is 0.233 e. The second-order valence-corrected chi connectivity index (χ2v) is 7.24. The molecule has 0 unspecified atom stereocenters. The van der Waals surface area contributed by atoms with Crippen LogP contribution < -0.4 is 4.74 Å². The summed E-state index contributed by atoms with van der Waals surface area (Å²) in [5.41, 5.74) is 1.07. The lowest BCUT2D eigenvalue weighted by Gasteiger charge is -2.18. The van der Waals surface area contributed by atoms with Crippen molar-refractivity contribution in [3.05, 3.63) is 65.2 Å². The molecular formula is C19H18ClFN4O2S. The third kappa shape index (κ3) is 4.45. The van der Waals surface area contributed by atoms with Gasteiger partial charge in [0.15, 0.2) is 5.16 Å². The van der Waals surface area contributed by atoms with Crippen LogP contribution in [0, 0.1) is 5.82 Å². The van der Waals surface area contributed by atoms with E-state index in [1.54, 1.807) is 31.1 Å². The summed E-state index contributed by atoms with van der Waals surface area (Å²) in [4.78, 5) is 13.9. The third-order valence-corrected chi connectivity index (χ3v) is 5.35. The Hall–Kier alpha value is -2.58. The fraction of sp³-hybridized carbons (Fsp3) is 0.211. The number of rotatable bonds is 7. The van der Waals surface area contributed by atoms with E-state index in [4.69, 9.17) is 16.3 Å². The van der Waals surface area contributed by atoms with Crippen LogP contribution in [0.4, 0.5) is 4.39 Å². The summed E-state index contributed by atoms with van der Waals surface area (Å²) >= 11 is 7.28. The highest BCUT2D eigenvalue weighted by molar-refractivity contribution is 7.99. The topological polar surface area (TPSA) is 60.2 Å². The highest BCUT2D eigenvalue weighted by Gasteiger charge is 2.17.